The van der Waals surface area contributed by atoms with Crippen LogP contribution in [0.5, 0.6) is 0 Å². The zero-order valence-electron chi connectivity index (χ0n) is 15.8. The SMILES string of the molecule is Cc1ccc(C2(C)NC(=O)N(CC(=O)N3CC4CCC(N)C4C3)C2=O)cc1. The van der Waals surface area contributed by atoms with Gasteiger partial charge in [-0.3, -0.25) is 14.5 Å². The lowest BCUT2D eigenvalue weighted by molar-refractivity contribution is -0.138. The summed E-state index contributed by atoms with van der Waals surface area (Å²) in [6.45, 7) is 4.73. The van der Waals surface area contributed by atoms with Crippen molar-refractivity contribution in [2.75, 3.05) is 19.6 Å². The first-order chi connectivity index (χ1) is 12.8. The van der Waals surface area contributed by atoms with Crippen molar-refractivity contribution in [1.29, 1.82) is 0 Å². The van der Waals surface area contributed by atoms with Crippen LogP contribution in [-0.2, 0) is 15.1 Å². The number of imide groups is 1. The van der Waals surface area contributed by atoms with Gasteiger partial charge in [0.25, 0.3) is 5.91 Å². The van der Waals surface area contributed by atoms with Crippen LogP contribution in [0.25, 0.3) is 0 Å². The predicted octanol–water partition coefficient (Wildman–Crippen LogP) is 0.958. The number of likely N-dealkylation sites (tertiary alicyclic amines) is 1. The minimum atomic E-state index is -1.14. The Kier molecular flexibility index (Phi) is 4.22. The molecule has 3 N–H and O–H groups in total. The molecule has 4 amide bonds. The summed E-state index contributed by atoms with van der Waals surface area (Å²) in [5, 5.41) is 2.76. The molecule has 1 aromatic rings. The zero-order valence-corrected chi connectivity index (χ0v) is 15.8. The van der Waals surface area contributed by atoms with Crippen LogP contribution in [0.15, 0.2) is 24.3 Å². The van der Waals surface area contributed by atoms with Gasteiger partial charge in [0.05, 0.1) is 0 Å². The van der Waals surface area contributed by atoms with E-state index in [1.54, 1.807) is 11.8 Å². The fourth-order valence-electron chi connectivity index (χ4n) is 4.67. The van der Waals surface area contributed by atoms with Gasteiger partial charge in [-0.05, 0) is 44.1 Å². The summed E-state index contributed by atoms with van der Waals surface area (Å²) in [4.78, 5) is 40.9. The highest BCUT2D eigenvalue weighted by Crippen LogP contribution is 2.37. The fraction of sp³-hybridized carbons (Fsp3) is 0.550. The second-order valence-electron chi connectivity index (χ2n) is 8.28. The van der Waals surface area contributed by atoms with E-state index in [9.17, 15) is 14.4 Å². The minimum absolute atomic E-state index is 0.148. The molecule has 0 aromatic heterocycles. The summed E-state index contributed by atoms with van der Waals surface area (Å²) in [5.74, 6) is 0.216. The Morgan fingerprint density at radius 2 is 1.93 bits per heavy atom. The minimum Gasteiger partial charge on any atom is -0.341 e. The van der Waals surface area contributed by atoms with Crippen LogP contribution in [-0.4, -0.2) is 53.3 Å². The zero-order chi connectivity index (χ0) is 19.3. The van der Waals surface area contributed by atoms with Crippen molar-refractivity contribution in [2.24, 2.45) is 17.6 Å². The molecule has 4 atom stereocenters. The van der Waals surface area contributed by atoms with Crippen LogP contribution in [0.2, 0.25) is 0 Å². The normalized spacial score (nSPS) is 32.8. The van der Waals surface area contributed by atoms with E-state index in [1.807, 2.05) is 31.2 Å². The molecule has 2 heterocycles. The predicted molar refractivity (Wildman–Crippen MR) is 99.5 cm³/mol. The number of hydrogen-bond donors (Lipinski definition) is 2. The fourth-order valence-corrected chi connectivity index (χ4v) is 4.67. The standard InChI is InChI=1S/C20H26N4O3/c1-12-3-6-14(7-4-12)20(2)18(26)24(19(27)22-20)11-17(25)23-9-13-5-8-16(21)15(13)10-23/h3-4,6-7,13,15-16H,5,8-11,21H2,1-2H3,(H,22,27). The van der Waals surface area contributed by atoms with Crippen molar-refractivity contribution in [3.63, 3.8) is 0 Å². The molecule has 144 valence electrons. The monoisotopic (exact) mass is 370 g/mol. The molecule has 3 aliphatic rings. The van der Waals surface area contributed by atoms with Crippen molar-refractivity contribution in [3.8, 4) is 0 Å². The Labute approximate surface area is 158 Å². The lowest BCUT2D eigenvalue weighted by Gasteiger charge is -2.24. The average Bonchev–Trinajstić information content (AvgIpc) is 3.26. The van der Waals surface area contributed by atoms with Crippen molar-refractivity contribution in [1.82, 2.24) is 15.1 Å². The molecule has 4 unspecified atom stereocenters. The summed E-state index contributed by atoms with van der Waals surface area (Å²) >= 11 is 0. The number of nitrogens with zero attached hydrogens (tertiary/aromatic N) is 2. The van der Waals surface area contributed by atoms with Gasteiger partial charge in [-0.1, -0.05) is 29.8 Å². The second-order valence-corrected chi connectivity index (χ2v) is 8.28. The molecule has 27 heavy (non-hydrogen) atoms. The van der Waals surface area contributed by atoms with E-state index in [0.717, 1.165) is 23.3 Å². The van der Waals surface area contributed by atoms with Crippen molar-refractivity contribution >= 4 is 17.8 Å². The maximum atomic E-state index is 13.0. The Morgan fingerprint density at radius 1 is 1.22 bits per heavy atom. The molecule has 7 heteroatoms. The van der Waals surface area contributed by atoms with Gasteiger partial charge in [0, 0.05) is 19.1 Å². The summed E-state index contributed by atoms with van der Waals surface area (Å²) < 4.78 is 0. The van der Waals surface area contributed by atoms with Crippen molar-refractivity contribution in [3.05, 3.63) is 35.4 Å². The molecule has 1 aromatic carbocycles. The number of hydrogen-bond acceptors (Lipinski definition) is 4. The molecule has 4 rings (SSSR count). The maximum absolute atomic E-state index is 13.0. The molecule has 0 spiro atoms. The molecule has 1 saturated carbocycles. The molecule has 2 aliphatic heterocycles. The van der Waals surface area contributed by atoms with Crippen LogP contribution in [0.1, 0.15) is 30.9 Å². The number of amides is 4. The van der Waals surface area contributed by atoms with Gasteiger partial charge >= 0.3 is 6.03 Å². The first-order valence-electron chi connectivity index (χ1n) is 9.54. The summed E-state index contributed by atoms with van der Waals surface area (Å²) in [6.07, 6.45) is 2.06. The van der Waals surface area contributed by atoms with Gasteiger partial charge in [-0.25, -0.2) is 4.79 Å². The summed E-state index contributed by atoms with van der Waals surface area (Å²) in [5.41, 5.74) is 6.77. The lowest BCUT2D eigenvalue weighted by Crippen LogP contribution is -2.44. The highest BCUT2D eigenvalue weighted by atomic mass is 16.2. The van der Waals surface area contributed by atoms with Crippen LogP contribution < -0.4 is 11.1 Å². The highest BCUT2D eigenvalue weighted by molar-refractivity contribution is 6.09. The van der Waals surface area contributed by atoms with Crippen LogP contribution >= 0.6 is 0 Å². The van der Waals surface area contributed by atoms with Crippen molar-refractivity contribution < 1.29 is 14.4 Å². The first-order valence-corrected chi connectivity index (χ1v) is 9.54. The number of fused-ring (bicyclic) bond motifs is 1. The molecule has 1 aliphatic carbocycles. The van der Waals surface area contributed by atoms with E-state index in [4.69, 9.17) is 5.73 Å². The van der Waals surface area contributed by atoms with E-state index in [-0.39, 0.29) is 24.4 Å². The van der Waals surface area contributed by atoms with Gasteiger partial charge in [-0.15, -0.1) is 0 Å². The van der Waals surface area contributed by atoms with E-state index in [0.29, 0.717) is 30.5 Å². The molecule has 3 fully saturated rings. The van der Waals surface area contributed by atoms with Crippen LogP contribution in [0, 0.1) is 18.8 Å². The number of benzene rings is 1. The van der Waals surface area contributed by atoms with Gasteiger partial charge in [0.15, 0.2) is 0 Å². The van der Waals surface area contributed by atoms with Gasteiger partial charge in [-0.2, -0.15) is 0 Å². The molecular formula is C20H26N4O3. The number of carbonyl (C=O) groups excluding carboxylic acids is 3. The lowest BCUT2D eigenvalue weighted by atomic mass is 9.91. The number of nitrogens with two attached hydrogens (primary N) is 1. The molecular weight excluding hydrogens is 344 g/mol. The molecule has 0 bridgehead atoms. The Hall–Kier alpha value is -2.41. The second kappa shape index (κ2) is 6.34. The number of aryl methyl sites for hydroxylation is 1. The van der Waals surface area contributed by atoms with Crippen LogP contribution in [0.4, 0.5) is 4.79 Å². The highest BCUT2D eigenvalue weighted by Gasteiger charge is 2.50. The summed E-state index contributed by atoms with van der Waals surface area (Å²) in [6, 6.07) is 7.10. The van der Waals surface area contributed by atoms with Gasteiger partial charge in [0.2, 0.25) is 5.91 Å². The third-order valence-corrected chi connectivity index (χ3v) is 6.46. The Morgan fingerprint density at radius 3 is 2.59 bits per heavy atom. The molecule has 2 saturated heterocycles. The first kappa shape index (κ1) is 18.0. The third-order valence-electron chi connectivity index (χ3n) is 6.46. The number of carbonyl (C=O) groups is 3. The Balaban J connectivity index is 1.46. The topological polar surface area (TPSA) is 95.7 Å². The number of rotatable bonds is 3. The average molecular weight is 370 g/mol. The molecule has 0 radical (unpaired) electrons. The van der Waals surface area contributed by atoms with Crippen molar-refractivity contribution in [2.45, 2.75) is 38.3 Å². The summed E-state index contributed by atoms with van der Waals surface area (Å²) in [7, 11) is 0. The van der Waals surface area contributed by atoms with Gasteiger partial charge in [0.1, 0.15) is 12.1 Å². The van der Waals surface area contributed by atoms with E-state index in [2.05, 4.69) is 5.32 Å². The third kappa shape index (κ3) is 2.90. The number of urea groups is 1. The van der Waals surface area contributed by atoms with E-state index >= 15 is 0 Å². The number of nitrogens with one attached hydrogen (secondary N) is 1. The van der Waals surface area contributed by atoms with Gasteiger partial charge < -0.3 is 16.0 Å². The largest absolute Gasteiger partial charge is 0.341 e. The quantitative estimate of drug-likeness (QED) is 0.775. The smallest absolute Gasteiger partial charge is 0.325 e. The Bertz CT molecular complexity index is 793. The molecule has 7 nitrogen and oxygen atoms in total. The maximum Gasteiger partial charge on any atom is 0.325 e. The van der Waals surface area contributed by atoms with Crippen LogP contribution in [0.3, 0.4) is 0 Å². The van der Waals surface area contributed by atoms with E-state index < -0.39 is 11.6 Å². The van der Waals surface area contributed by atoms with E-state index in [1.165, 1.54) is 0 Å².